The lowest BCUT2D eigenvalue weighted by Crippen LogP contribution is -2.43. The van der Waals surface area contributed by atoms with Gasteiger partial charge in [-0.1, -0.05) is 0 Å². The summed E-state index contributed by atoms with van der Waals surface area (Å²) in [7, 11) is -1.68. The molecule has 2 fully saturated rings. The molecule has 1 aromatic rings. The summed E-state index contributed by atoms with van der Waals surface area (Å²) in [4.78, 5) is 22.7. The van der Waals surface area contributed by atoms with Crippen molar-refractivity contribution in [3.05, 3.63) is 12.4 Å². The zero-order valence-electron chi connectivity index (χ0n) is 15.0. The highest BCUT2D eigenvalue weighted by atomic mass is 32.2. The number of carbonyl (C=O) groups is 1. The Morgan fingerprint density at radius 3 is 2.38 bits per heavy atom. The van der Waals surface area contributed by atoms with Crippen LogP contribution in [0.4, 0.5) is 0 Å². The van der Waals surface area contributed by atoms with Crippen LogP contribution < -0.4 is 9.47 Å². The third-order valence-corrected chi connectivity index (χ3v) is 6.14. The fourth-order valence-electron chi connectivity index (χ4n) is 3.41. The van der Waals surface area contributed by atoms with E-state index >= 15 is 0 Å². The van der Waals surface area contributed by atoms with Crippen molar-refractivity contribution in [2.75, 3.05) is 39.5 Å². The Labute approximate surface area is 153 Å². The van der Waals surface area contributed by atoms with E-state index in [-0.39, 0.29) is 17.9 Å². The van der Waals surface area contributed by atoms with Crippen LogP contribution in [0.3, 0.4) is 0 Å². The minimum atomic E-state index is -3.18. The average Bonchev–Trinajstić information content (AvgIpc) is 3.09. The fraction of sp³-hybridized carbons (Fsp3) is 0.688. The Bertz CT molecular complexity index is 749. The molecule has 2 saturated heterocycles. The van der Waals surface area contributed by atoms with Crippen LogP contribution in [0.5, 0.6) is 11.8 Å². The molecule has 0 aliphatic carbocycles. The van der Waals surface area contributed by atoms with Gasteiger partial charge < -0.3 is 14.4 Å². The van der Waals surface area contributed by atoms with Crippen LogP contribution in [0.1, 0.15) is 19.3 Å². The Morgan fingerprint density at radius 1 is 1.12 bits per heavy atom. The summed E-state index contributed by atoms with van der Waals surface area (Å²) in [6.45, 7) is 1.92. The molecule has 1 aromatic heterocycles. The standard InChI is InChI=1S/C16H24N4O5S/c1-24-14-15(18-7-6-17-14)25-13-5-8-19(11-13)16(21)12-3-9-20(10-4-12)26(2,22)23/h6-7,12-13H,3-5,8-11H2,1-2H3. The van der Waals surface area contributed by atoms with Gasteiger partial charge in [0.05, 0.1) is 19.9 Å². The molecule has 26 heavy (non-hydrogen) atoms. The van der Waals surface area contributed by atoms with Crippen LogP contribution in [0.15, 0.2) is 12.4 Å². The highest BCUT2D eigenvalue weighted by Gasteiger charge is 2.35. The van der Waals surface area contributed by atoms with E-state index in [1.807, 2.05) is 0 Å². The molecule has 1 amide bonds. The maximum absolute atomic E-state index is 12.7. The number of amides is 1. The summed E-state index contributed by atoms with van der Waals surface area (Å²) in [6, 6.07) is 0. The lowest BCUT2D eigenvalue weighted by Gasteiger charge is -2.31. The van der Waals surface area contributed by atoms with Crippen LogP contribution >= 0.6 is 0 Å². The van der Waals surface area contributed by atoms with Gasteiger partial charge in [0, 0.05) is 44.4 Å². The number of aromatic nitrogens is 2. The zero-order valence-corrected chi connectivity index (χ0v) is 15.8. The average molecular weight is 384 g/mol. The molecule has 0 bridgehead atoms. The van der Waals surface area contributed by atoms with Gasteiger partial charge in [0.25, 0.3) is 11.8 Å². The number of rotatable bonds is 5. The molecule has 144 valence electrons. The maximum atomic E-state index is 12.7. The van der Waals surface area contributed by atoms with Crippen molar-refractivity contribution in [1.29, 1.82) is 0 Å². The van der Waals surface area contributed by atoms with Crippen LogP contribution in [0, 0.1) is 5.92 Å². The van der Waals surface area contributed by atoms with E-state index in [0.717, 1.165) is 0 Å². The molecule has 3 rings (SSSR count). The summed E-state index contributed by atoms with van der Waals surface area (Å²) >= 11 is 0. The molecule has 0 spiro atoms. The van der Waals surface area contributed by atoms with Gasteiger partial charge in [-0.25, -0.2) is 22.7 Å². The minimum Gasteiger partial charge on any atom is -0.477 e. The quantitative estimate of drug-likeness (QED) is 0.711. The molecule has 1 atom stereocenters. The second-order valence-corrected chi connectivity index (χ2v) is 8.60. The smallest absolute Gasteiger partial charge is 0.278 e. The summed E-state index contributed by atoms with van der Waals surface area (Å²) in [5, 5.41) is 0. The van der Waals surface area contributed by atoms with E-state index in [1.54, 1.807) is 4.90 Å². The molecule has 10 heteroatoms. The normalized spacial score (nSPS) is 22.4. The van der Waals surface area contributed by atoms with Crippen molar-refractivity contribution in [2.24, 2.45) is 5.92 Å². The Balaban J connectivity index is 1.53. The number of ether oxygens (including phenoxy) is 2. The van der Waals surface area contributed by atoms with Crippen molar-refractivity contribution >= 4 is 15.9 Å². The molecule has 1 unspecified atom stereocenters. The highest BCUT2D eigenvalue weighted by Crippen LogP contribution is 2.26. The first-order valence-electron chi connectivity index (χ1n) is 8.64. The number of hydrogen-bond acceptors (Lipinski definition) is 7. The molecule has 0 N–H and O–H groups in total. The number of methoxy groups -OCH3 is 1. The molecule has 0 aromatic carbocycles. The highest BCUT2D eigenvalue weighted by molar-refractivity contribution is 7.88. The van der Waals surface area contributed by atoms with Gasteiger partial charge in [0.2, 0.25) is 15.9 Å². The molecule has 0 radical (unpaired) electrons. The fourth-order valence-corrected chi connectivity index (χ4v) is 4.28. The van der Waals surface area contributed by atoms with Crippen molar-refractivity contribution in [2.45, 2.75) is 25.4 Å². The summed E-state index contributed by atoms with van der Waals surface area (Å²) in [5.74, 6) is 0.606. The van der Waals surface area contributed by atoms with Gasteiger partial charge >= 0.3 is 0 Å². The molecule has 3 heterocycles. The van der Waals surface area contributed by atoms with Gasteiger partial charge in [-0.2, -0.15) is 0 Å². The van der Waals surface area contributed by atoms with Crippen LogP contribution in [-0.2, 0) is 14.8 Å². The lowest BCUT2D eigenvalue weighted by molar-refractivity contribution is -0.135. The molecular formula is C16H24N4O5S. The monoisotopic (exact) mass is 384 g/mol. The first-order chi connectivity index (χ1) is 12.4. The minimum absolute atomic E-state index is 0.0790. The first-order valence-corrected chi connectivity index (χ1v) is 10.5. The predicted octanol–water partition coefficient (Wildman–Crippen LogP) is 0.137. The van der Waals surface area contributed by atoms with E-state index in [0.29, 0.717) is 57.2 Å². The Kier molecular flexibility index (Phi) is 5.61. The van der Waals surface area contributed by atoms with Crippen molar-refractivity contribution in [3.8, 4) is 11.8 Å². The largest absolute Gasteiger partial charge is 0.477 e. The van der Waals surface area contributed by atoms with Gasteiger partial charge in [0.15, 0.2) is 0 Å². The topological polar surface area (TPSA) is 102 Å². The van der Waals surface area contributed by atoms with Crippen molar-refractivity contribution in [3.63, 3.8) is 0 Å². The summed E-state index contributed by atoms with van der Waals surface area (Å²) < 4.78 is 35.6. The van der Waals surface area contributed by atoms with Crippen molar-refractivity contribution < 1.29 is 22.7 Å². The molecular weight excluding hydrogens is 360 g/mol. The van der Waals surface area contributed by atoms with E-state index in [2.05, 4.69) is 9.97 Å². The van der Waals surface area contributed by atoms with Gasteiger partial charge in [-0.15, -0.1) is 0 Å². The Hall–Kier alpha value is -1.94. The van der Waals surface area contributed by atoms with E-state index in [1.165, 1.54) is 30.1 Å². The first kappa shape index (κ1) is 18.8. The number of piperidine rings is 1. The van der Waals surface area contributed by atoms with Crippen LogP contribution in [0.25, 0.3) is 0 Å². The van der Waals surface area contributed by atoms with Gasteiger partial charge in [-0.05, 0) is 12.8 Å². The molecule has 0 saturated carbocycles. The zero-order chi connectivity index (χ0) is 18.7. The van der Waals surface area contributed by atoms with Gasteiger partial charge in [0.1, 0.15) is 6.10 Å². The lowest BCUT2D eigenvalue weighted by atomic mass is 9.97. The predicted molar refractivity (Wildman–Crippen MR) is 93.3 cm³/mol. The third-order valence-electron chi connectivity index (χ3n) is 4.83. The molecule has 2 aliphatic rings. The maximum Gasteiger partial charge on any atom is 0.278 e. The second kappa shape index (κ2) is 7.75. The van der Waals surface area contributed by atoms with Crippen LogP contribution in [-0.4, -0.2) is 79.1 Å². The van der Waals surface area contributed by atoms with Crippen molar-refractivity contribution in [1.82, 2.24) is 19.2 Å². The number of hydrogen-bond donors (Lipinski definition) is 0. The van der Waals surface area contributed by atoms with Gasteiger partial charge in [-0.3, -0.25) is 4.79 Å². The second-order valence-electron chi connectivity index (χ2n) is 6.62. The number of sulfonamides is 1. The Morgan fingerprint density at radius 2 is 1.77 bits per heavy atom. The molecule has 9 nitrogen and oxygen atoms in total. The van der Waals surface area contributed by atoms with E-state index in [4.69, 9.17) is 9.47 Å². The summed E-state index contributed by atoms with van der Waals surface area (Å²) in [5.41, 5.74) is 0. The number of nitrogens with zero attached hydrogens (tertiary/aromatic N) is 4. The van der Waals surface area contributed by atoms with E-state index in [9.17, 15) is 13.2 Å². The number of likely N-dealkylation sites (tertiary alicyclic amines) is 1. The SMILES string of the molecule is COc1nccnc1OC1CCN(C(=O)C2CCN(S(C)(=O)=O)CC2)C1. The summed E-state index contributed by atoms with van der Waals surface area (Å²) in [6.07, 6.45) is 5.95. The third kappa shape index (κ3) is 4.24. The molecule has 2 aliphatic heterocycles. The van der Waals surface area contributed by atoms with E-state index < -0.39 is 10.0 Å². The number of carbonyl (C=O) groups excluding carboxylic acids is 1. The van der Waals surface area contributed by atoms with Crippen LogP contribution in [0.2, 0.25) is 0 Å².